The molecule has 0 N–H and O–H groups in total. The largest absolute Gasteiger partial charge is 0.472 e. The van der Waals surface area contributed by atoms with Gasteiger partial charge in [-0.3, -0.25) is 14.9 Å². The lowest BCUT2D eigenvalue weighted by molar-refractivity contribution is -0.384. The molecule has 0 unspecified atom stereocenters. The molecule has 104 valence electrons. The van der Waals surface area contributed by atoms with Crippen molar-refractivity contribution in [3.05, 3.63) is 63.1 Å². The van der Waals surface area contributed by atoms with Crippen LogP contribution in [0.2, 0.25) is 5.02 Å². The number of furan rings is 1. The minimum atomic E-state index is -0.616. The van der Waals surface area contributed by atoms with Crippen molar-refractivity contribution in [2.24, 2.45) is 0 Å². The molecule has 6 nitrogen and oxygen atoms in total. The summed E-state index contributed by atoms with van der Waals surface area (Å²) >= 11 is 5.71. The maximum absolute atomic E-state index is 12.2. The highest BCUT2D eigenvalue weighted by atomic mass is 35.5. The van der Waals surface area contributed by atoms with Crippen LogP contribution >= 0.6 is 11.6 Å². The lowest BCUT2D eigenvalue weighted by Crippen LogP contribution is -2.26. The molecule has 1 aromatic carbocycles. The third-order valence-corrected chi connectivity index (χ3v) is 3.06. The summed E-state index contributed by atoms with van der Waals surface area (Å²) in [5, 5.41) is 10.8. The van der Waals surface area contributed by atoms with Gasteiger partial charge >= 0.3 is 0 Å². The summed E-state index contributed by atoms with van der Waals surface area (Å²) < 4.78 is 4.92. The number of rotatable bonds is 4. The molecule has 0 aliphatic carbocycles. The monoisotopic (exact) mass is 294 g/mol. The fourth-order valence-corrected chi connectivity index (χ4v) is 1.92. The Bertz CT molecular complexity index is 640. The Labute approximate surface area is 119 Å². The Balaban J connectivity index is 2.20. The van der Waals surface area contributed by atoms with Crippen molar-refractivity contribution in [3.8, 4) is 0 Å². The van der Waals surface area contributed by atoms with Crippen molar-refractivity contribution < 1.29 is 14.1 Å². The molecule has 1 aromatic heterocycles. The third-order valence-electron chi connectivity index (χ3n) is 2.74. The molecule has 1 amide bonds. The number of hydrogen-bond acceptors (Lipinski definition) is 4. The average molecular weight is 295 g/mol. The number of halogens is 1. The molecular weight excluding hydrogens is 284 g/mol. The minimum Gasteiger partial charge on any atom is -0.472 e. The van der Waals surface area contributed by atoms with Gasteiger partial charge in [-0.05, 0) is 18.2 Å². The van der Waals surface area contributed by atoms with Crippen LogP contribution in [0.15, 0.2) is 41.2 Å². The number of nitro benzene ring substituents is 1. The van der Waals surface area contributed by atoms with Crippen molar-refractivity contribution in [1.29, 1.82) is 0 Å². The summed E-state index contributed by atoms with van der Waals surface area (Å²) in [5.74, 6) is -0.328. The Morgan fingerprint density at radius 1 is 1.45 bits per heavy atom. The summed E-state index contributed by atoms with van der Waals surface area (Å²) in [4.78, 5) is 23.8. The minimum absolute atomic E-state index is 0.00374. The van der Waals surface area contributed by atoms with Gasteiger partial charge in [-0.15, -0.1) is 0 Å². The van der Waals surface area contributed by atoms with E-state index in [0.29, 0.717) is 6.54 Å². The molecule has 0 fully saturated rings. The SMILES string of the molecule is CN(Cc1ccoc1)C(=O)c1ccc(Cl)c([N+](=O)[O-])c1. The molecule has 0 spiro atoms. The first-order valence-electron chi connectivity index (χ1n) is 5.69. The predicted molar refractivity (Wildman–Crippen MR) is 72.6 cm³/mol. The molecule has 1 heterocycles. The first-order valence-corrected chi connectivity index (χ1v) is 6.07. The normalized spacial score (nSPS) is 10.3. The van der Waals surface area contributed by atoms with Crippen molar-refractivity contribution in [3.63, 3.8) is 0 Å². The Morgan fingerprint density at radius 2 is 2.20 bits per heavy atom. The zero-order valence-electron chi connectivity index (χ0n) is 10.6. The van der Waals surface area contributed by atoms with Crippen LogP contribution in [0.3, 0.4) is 0 Å². The summed E-state index contributed by atoms with van der Waals surface area (Å²) in [5.41, 5.74) is 0.769. The number of carbonyl (C=O) groups excluding carboxylic acids is 1. The van der Waals surface area contributed by atoms with Gasteiger partial charge in [-0.25, -0.2) is 0 Å². The van der Waals surface area contributed by atoms with E-state index < -0.39 is 4.92 Å². The molecule has 0 saturated heterocycles. The van der Waals surface area contributed by atoms with Gasteiger partial charge in [0.05, 0.1) is 17.4 Å². The number of carbonyl (C=O) groups is 1. The topological polar surface area (TPSA) is 76.6 Å². The maximum atomic E-state index is 12.2. The first-order chi connectivity index (χ1) is 9.49. The Kier molecular flexibility index (Phi) is 4.05. The Morgan fingerprint density at radius 3 is 2.80 bits per heavy atom. The summed E-state index contributed by atoms with van der Waals surface area (Å²) in [7, 11) is 1.61. The number of nitro groups is 1. The van der Waals surface area contributed by atoms with Gasteiger partial charge in [0.2, 0.25) is 0 Å². The van der Waals surface area contributed by atoms with Gasteiger partial charge in [0.1, 0.15) is 5.02 Å². The Hall–Kier alpha value is -2.34. The fraction of sp³-hybridized carbons (Fsp3) is 0.154. The lowest BCUT2D eigenvalue weighted by atomic mass is 10.1. The maximum Gasteiger partial charge on any atom is 0.288 e. The van der Waals surface area contributed by atoms with Crippen LogP contribution in [0.4, 0.5) is 5.69 Å². The smallest absolute Gasteiger partial charge is 0.288 e. The second kappa shape index (κ2) is 5.75. The molecular formula is C13H11ClN2O4. The second-order valence-electron chi connectivity index (χ2n) is 4.22. The van der Waals surface area contributed by atoms with E-state index in [2.05, 4.69) is 0 Å². The number of nitrogens with zero attached hydrogens (tertiary/aromatic N) is 2. The molecule has 0 atom stereocenters. The van der Waals surface area contributed by atoms with Gasteiger partial charge in [-0.2, -0.15) is 0 Å². The predicted octanol–water partition coefficient (Wildman–Crippen LogP) is 3.11. The van der Waals surface area contributed by atoms with Crippen LogP contribution in [0.25, 0.3) is 0 Å². The summed E-state index contributed by atoms with van der Waals surface area (Å²) in [6, 6.07) is 5.73. The van der Waals surface area contributed by atoms with Crippen molar-refractivity contribution in [2.75, 3.05) is 7.05 Å². The van der Waals surface area contributed by atoms with E-state index >= 15 is 0 Å². The van der Waals surface area contributed by atoms with Crippen LogP contribution < -0.4 is 0 Å². The van der Waals surface area contributed by atoms with Crippen LogP contribution in [-0.2, 0) is 6.54 Å². The molecule has 2 rings (SSSR count). The summed E-state index contributed by atoms with van der Waals surface area (Å²) in [6.07, 6.45) is 3.05. The van der Waals surface area contributed by atoms with E-state index in [1.165, 1.54) is 35.6 Å². The second-order valence-corrected chi connectivity index (χ2v) is 4.62. The zero-order valence-corrected chi connectivity index (χ0v) is 11.3. The molecule has 0 bridgehead atoms. The molecule has 7 heteroatoms. The van der Waals surface area contributed by atoms with Gasteiger partial charge in [0.25, 0.3) is 11.6 Å². The molecule has 0 aliphatic rings. The van der Waals surface area contributed by atoms with E-state index in [1.807, 2.05) is 0 Å². The van der Waals surface area contributed by atoms with Gasteiger partial charge in [0, 0.05) is 30.8 Å². The highest BCUT2D eigenvalue weighted by Crippen LogP contribution is 2.25. The lowest BCUT2D eigenvalue weighted by Gasteiger charge is -2.16. The number of amides is 1. The van der Waals surface area contributed by atoms with Crippen molar-refractivity contribution in [2.45, 2.75) is 6.54 Å². The average Bonchev–Trinajstić information content (AvgIpc) is 2.91. The van der Waals surface area contributed by atoms with E-state index in [9.17, 15) is 14.9 Å². The van der Waals surface area contributed by atoms with Gasteiger partial charge < -0.3 is 9.32 Å². The van der Waals surface area contributed by atoms with Crippen LogP contribution in [0.1, 0.15) is 15.9 Å². The van der Waals surface area contributed by atoms with Crippen molar-refractivity contribution >= 4 is 23.2 Å². The summed E-state index contributed by atoms with van der Waals surface area (Å²) in [6.45, 7) is 0.353. The molecule has 0 radical (unpaired) electrons. The van der Waals surface area contributed by atoms with E-state index in [-0.39, 0.29) is 22.2 Å². The van der Waals surface area contributed by atoms with Gasteiger partial charge in [-0.1, -0.05) is 11.6 Å². The van der Waals surface area contributed by atoms with Crippen LogP contribution in [-0.4, -0.2) is 22.8 Å². The highest BCUT2D eigenvalue weighted by Gasteiger charge is 2.18. The third kappa shape index (κ3) is 2.97. The van der Waals surface area contributed by atoms with E-state index in [0.717, 1.165) is 5.56 Å². The standard InChI is InChI=1S/C13H11ClN2O4/c1-15(7-9-4-5-20-8-9)13(17)10-2-3-11(14)12(6-10)16(18)19/h2-6,8H,7H2,1H3. The molecule has 20 heavy (non-hydrogen) atoms. The number of hydrogen-bond donors (Lipinski definition) is 0. The van der Waals surface area contributed by atoms with Crippen LogP contribution in [0, 0.1) is 10.1 Å². The number of benzene rings is 1. The van der Waals surface area contributed by atoms with Gasteiger partial charge in [0.15, 0.2) is 0 Å². The first kappa shape index (κ1) is 14.1. The fourth-order valence-electron chi connectivity index (χ4n) is 1.73. The molecule has 0 aliphatic heterocycles. The van der Waals surface area contributed by atoms with Crippen LogP contribution in [0.5, 0.6) is 0 Å². The van der Waals surface area contributed by atoms with E-state index in [4.69, 9.17) is 16.0 Å². The quantitative estimate of drug-likeness (QED) is 0.641. The van der Waals surface area contributed by atoms with E-state index in [1.54, 1.807) is 13.1 Å². The molecule has 2 aromatic rings. The zero-order chi connectivity index (χ0) is 14.7. The van der Waals surface area contributed by atoms with Crippen molar-refractivity contribution in [1.82, 2.24) is 4.90 Å². The highest BCUT2D eigenvalue weighted by molar-refractivity contribution is 6.32. The molecule has 0 saturated carbocycles.